The molecular weight excluding hydrogens is 166 g/mol. The van der Waals surface area contributed by atoms with E-state index in [0.29, 0.717) is 12.4 Å². The molecular formula is C9H13N3O. The van der Waals surface area contributed by atoms with Crippen molar-refractivity contribution in [1.82, 2.24) is 9.55 Å². The number of hydrogen-bond acceptors (Lipinski definition) is 3. The lowest BCUT2D eigenvalue weighted by Gasteiger charge is -2.04. The molecule has 1 heterocycles. The van der Waals surface area contributed by atoms with Crippen LogP contribution in [0.1, 0.15) is 12.2 Å². The molecule has 0 amide bonds. The van der Waals surface area contributed by atoms with Crippen LogP contribution in [-0.4, -0.2) is 22.1 Å². The highest BCUT2D eigenvalue weighted by molar-refractivity contribution is 5.87. The third-order valence-electron chi connectivity index (χ3n) is 1.59. The van der Waals surface area contributed by atoms with Crippen molar-refractivity contribution < 1.29 is 4.74 Å². The summed E-state index contributed by atoms with van der Waals surface area (Å²) in [6.07, 6.45) is 5.92. The highest BCUT2D eigenvalue weighted by Crippen LogP contribution is 1.97. The van der Waals surface area contributed by atoms with Crippen LogP contribution in [0.25, 0.3) is 0 Å². The first-order valence-electron chi connectivity index (χ1n) is 4.05. The Bertz CT molecular complexity index is 304. The van der Waals surface area contributed by atoms with Crippen LogP contribution in [0.15, 0.2) is 25.0 Å². The van der Waals surface area contributed by atoms with Crippen LogP contribution in [-0.2, 0) is 11.8 Å². The predicted molar refractivity (Wildman–Crippen MR) is 50.8 cm³/mol. The molecule has 0 saturated heterocycles. The van der Waals surface area contributed by atoms with Crippen molar-refractivity contribution in [1.29, 1.82) is 5.41 Å². The molecule has 13 heavy (non-hydrogen) atoms. The lowest BCUT2D eigenvalue weighted by atomic mass is 10.4. The number of ether oxygens (including phenoxy) is 1. The molecule has 1 aromatic rings. The van der Waals surface area contributed by atoms with E-state index in [0.717, 1.165) is 6.42 Å². The van der Waals surface area contributed by atoms with E-state index in [4.69, 9.17) is 10.1 Å². The van der Waals surface area contributed by atoms with Gasteiger partial charge in [-0.3, -0.25) is 5.41 Å². The quantitative estimate of drug-likeness (QED) is 0.328. The van der Waals surface area contributed by atoms with Gasteiger partial charge in [-0.05, 0) is 6.42 Å². The topological polar surface area (TPSA) is 50.9 Å². The highest BCUT2D eigenvalue weighted by Gasteiger charge is 2.06. The van der Waals surface area contributed by atoms with E-state index in [1.165, 1.54) is 0 Å². The molecule has 0 saturated carbocycles. The third-order valence-corrected chi connectivity index (χ3v) is 1.59. The molecule has 0 fully saturated rings. The molecule has 1 rings (SSSR count). The Morgan fingerprint density at radius 2 is 2.62 bits per heavy atom. The summed E-state index contributed by atoms with van der Waals surface area (Å²) in [4.78, 5) is 3.98. The van der Waals surface area contributed by atoms with Crippen LogP contribution in [0.4, 0.5) is 0 Å². The maximum atomic E-state index is 7.53. The van der Waals surface area contributed by atoms with Crippen LogP contribution in [0.5, 0.6) is 0 Å². The Morgan fingerprint density at radius 1 is 1.85 bits per heavy atom. The maximum Gasteiger partial charge on any atom is 0.250 e. The van der Waals surface area contributed by atoms with Gasteiger partial charge in [0.2, 0.25) is 5.90 Å². The highest BCUT2D eigenvalue weighted by atomic mass is 16.5. The summed E-state index contributed by atoms with van der Waals surface area (Å²) in [5, 5.41) is 7.53. The lowest BCUT2D eigenvalue weighted by Crippen LogP contribution is -2.11. The van der Waals surface area contributed by atoms with Gasteiger partial charge in [0.25, 0.3) is 0 Å². The van der Waals surface area contributed by atoms with Gasteiger partial charge >= 0.3 is 0 Å². The van der Waals surface area contributed by atoms with E-state index in [-0.39, 0.29) is 5.90 Å². The summed E-state index contributed by atoms with van der Waals surface area (Å²) in [7, 11) is 1.83. The molecule has 0 spiro atoms. The van der Waals surface area contributed by atoms with Crippen LogP contribution < -0.4 is 0 Å². The zero-order valence-electron chi connectivity index (χ0n) is 7.66. The van der Waals surface area contributed by atoms with E-state index in [1.54, 1.807) is 23.0 Å². The second kappa shape index (κ2) is 4.45. The molecule has 0 aromatic carbocycles. The Kier molecular flexibility index (Phi) is 3.25. The van der Waals surface area contributed by atoms with Crippen LogP contribution in [0.3, 0.4) is 0 Å². The number of imidazole rings is 1. The van der Waals surface area contributed by atoms with E-state index < -0.39 is 0 Å². The van der Waals surface area contributed by atoms with Gasteiger partial charge in [-0.2, -0.15) is 0 Å². The van der Waals surface area contributed by atoms with Crippen molar-refractivity contribution in [3.63, 3.8) is 0 Å². The summed E-state index contributed by atoms with van der Waals surface area (Å²) in [6.45, 7) is 4.05. The number of aryl methyl sites for hydroxylation is 1. The Labute approximate surface area is 77.4 Å². The zero-order valence-corrected chi connectivity index (χ0v) is 7.66. The Morgan fingerprint density at radius 3 is 3.15 bits per heavy atom. The zero-order chi connectivity index (χ0) is 9.68. The van der Waals surface area contributed by atoms with Gasteiger partial charge in [-0.15, -0.1) is 6.58 Å². The summed E-state index contributed by atoms with van der Waals surface area (Å²) in [5.74, 6) is 0.651. The molecule has 0 unspecified atom stereocenters. The average Bonchev–Trinajstić information content (AvgIpc) is 2.52. The molecule has 0 aliphatic carbocycles. The van der Waals surface area contributed by atoms with E-state index >= 15 is 0 Å². The van der Waals surface area contributed by atoms with Crippen molar-refractivity contribution >= 4 is 5.90 Å². The number of aromatic nitrogens is 2. The van der Waals surface area contributed by atoms with Gasteiger partial charge in [0.1, 0.15) is 0 Å². The first kappa shape index (κ1) is 9.51. The number of hydrogen-bond donors (Lipinski definition) is 1. The fourth-order valence-electron chi connectivity index (χ4n) is 0.893. The Balaban J connectivity index is 2.49. The largest absolute Gasteiger partial charge is 0.475 e. The molecule has 0 aliphatic heterocycles. The number of nitrogens with zero attached hydrogens (tertiary/aromatic N) is 2. The summed E-state index contributed by atoms with van der Waals surface area (Å²) >= 11 is 0. The fourth-order valence-corrected chi connectivity index (χ4v) is 0.893. The molecule has 4 nitrogen and oxygen atoms in total. The van der Waals surface area contributed by atoms with Crippen molar-refractivity contribution in [3.05, 3.63) is 30.9 Å². The summed E-state index contributed by atoms with van der Waals surface area (Å²) < 4.78 is 6.88. The molecule has 0 radical (unpaired) electrons. The third kappa shape index (κ3) is 2.43. The second-order valence-corrected chi connectivity index (χ2v) is 2.62. The standard InChI is InChI=1S/C9H13N3O/c1-3-4-7-13-8(10)9-11-5-6-12(9)2/h3,5-6,10H,1,4,7H2,2H3. The van der Waals surface area contributed by atoms with Gasteiger partial charge in [0.15, 0.2) is 5.82 Å². The first-order chi connectivity index (χ1) is 6.25. The van der Waals surface area contributed by atoms with Gasteiger partial charge in [0.05, 0.1) is 6.61 Å². The summed E-state index contributed by atoms with van der Waals surface area (Å²) in [6, 6.07) is 0. The van der Waals surface area contributed by atoms with Crippen molar-refractivity contribution in [3.8, 4) is 0 Å². The molecule has 0 bridgehead atoms. The monoisotopic (exact) mass is 179 g/mol. The molecule has 4 heteroatoms. The first-order valence-corrected chi connectivity index (χ1v) is 4.05. The minimum Gasteiger partial charge on any atom is -0.475 e. The Hall–Kier alpha value is -1.58. The number of nitrogens with one attached hydrogen (secondary N) is 1. The predicted octanol–water partition coefficient (Wildman–Crippen LogP) is 1.34. The minimum atomic E-state index is 0.106. The van der Waals surface area contributed by atoms with Gasteiger partial charge < -0.3 is 9.30 Å². The molecule has 0 aliphatic rings. The second-order valence-electron chi connectivity index (χ2n) is 2.62. The maximum absolute atomic E-state index is 7.53. The minimum absolute atomic E-state index is 0.106. The van der Waals surface area contributed by atoms with Gasteiger partial charge in [-0.25, -0.2) is 4.98 Å². The van der Waals surface area contributed by atoms with Gasteiger partial charge in [-0.1, -0.05) is 6.08 Å². The molecule has 70 valence electrons. The average molecular weight is 179 g/mol. The van der Waals surface area contributed by atoms with Crippen LogP contribution >= 0.6 is 0 Å². The molecule has 1 N–H and O–H groups in total. The van der Waals surface area contributed by atoms with E-state index in [2.05, 4.69) is 11.6 Å². The van der Waals surface area contributed by atoms with Crippen molar-refractivity contribution in [2.75, 3.05) is 6.61 Å². The van der Waals surface area contributed by atoms with Crippen LogP contribution in [0.2, 0.25) is 0 Å². The molecule has 1 aromatic heterocycles. The van der Waals surface area contributed by atoms with Crippen LogP contribution in [0, 0.1) is 5.41 Å². The van der Waals surface area contributed by atoms with E-state index in [1.807, 2.05) is 7.05 Å². The van der Waals surface area contributed by atoms with Crippen molar-refractivity contribution in [2.24, 2.45) is 7.05 Å². The van der Waals surface area contributed by atoms with E-state index in [9.17, 15) is 0 Å². The lowest BCUT2D eigenvalue weighted by molar-refractivity contribution is 0.307. The fraction of sp³-hybridized carbons (Fsp3) is 0.333. The number of rotatable bonds is 4. The van der Waals surface area contributed by atoms with Crippen molar-refractivity contribution in [2.45, 2.75) is 6.42 Å². The van der Waals surface area contributed by atoms with Gasteiger partial charge in [0, 0.05) is 19.4 Å². The normalized spacial score (nSPS) is 9.62. The molecule has 0 atom stereocenters. The summed E-state index contributed by atoms with van der Waals surface area (Å²) in [5.41, 5.74) is 0. The SMILES string of the molecule is C=CCCOC(=N)c1nccn1C. The smallest absolute Gasteiger partial charge is 0.250 e.